The quantitative estimate of drug-likeness (QED) is 0.499. The van der Waals surface area contributed by atoms with E-state index in [1.807, 2.05) is 11.8 Å². The number of nitriles is 1. The maximum atomic E-state index is 11.6. The molecule has 0 saturated carbocycles. The van der Waals surface area contributed by atoms with Crippen molar-refractivity contribution in [3.8, 4) is 6.19 Å². The highest BCUT2D eigenvalue weighted by atomic mass is 16.6. The van der Waals surface area contributed by atoms with E-state index in [1.165, 1.54) is 6.07 Å². The third-order valence-corrected chi connectivity index (χ3v) is 4.49. The van der Waals surface area contributed by atoms with Crippen molar-refractivity contribution in [2.75, 3.05) is 31.1 Å². The number of nitro groups is 1. The SMILES string of the molecule is CC1CC(=O)NN=C1c1ccc(N2CCN(C#N)CC2)c([N+](=O)[O-])c1. The van der Waals surface area contributed by atoms with Crippen LogP contribution in [0.4, 0.5) is 11.4 Å². The highest BCUT2D eigenvalue weighted by Gasteiger charge is 2.27. The molecule has 1 aromatic rings. The fourth-order valence-electron chi connectivity index (χ4n) is 3.15. The Balaban J connectivity index is 1.91. The molecule has 1 saturated heterocycles. The van der Waals surface area contributed by atoms with Crippen molar-refractivity contribution < 1.29 is 9.72 Å². The fourth-order valence-corrected chi connectivity index (χ4v) is 3.15. The Morgan fingerprint density at radius 2 is 2.08 bits per heavy atom. The van der Waals surface area contributed by atoms with Gasteiger partial charge in [0.15, 0.2) is 6.19 Å². The normalized spacial score (nSPS) is 20.6. The molecule has 0 radical (unpaired) electrons. The Labute approximate surface area is 144 Å². The van der Waals surface area contributed by atoms with Crippen molar-refractivity contribution in [2.24, 2.45) is 11.0 Å². The van der Waals surface area contributed by atoms with Gasteiger partial charge in [-0.05, 0) is 6.07 Å². The van der Waals surface area contributed by atoms with Gasteiger partial charge < -0.3 is 9.80 Å². The van der Waals surface area contributed by atoms with E-state index < -0.39 is 4.92 Å². The smallest absolute Gasteiger partial charge is 0.293 e. The van der Waals surface area contributed by atoms with Crippen LogP contribution in [-0.2, 0) is 4.79 Å². The van der Waals surface area contributed by atoms with E-state index in [0.717, 1.165) is 0 Å². The van der Waals surface area contributed by atoms with E-state index in [1.54, 1.807) is 17.0 Å². The van der Waals surface area contributed by atoms with E-state index in [2.05, 4.69) is 16.7 Å². The zero-order valence-electron chi connectivity index (χ0n) is 13.8. The molecule has 1 N–H and O–H groups in total. The first-order valence-corrected chi connectivity index (χ1v) is 8.04. The first-order chi connectivity index (χ1) is 12.0. The van der Waals surface area contributed by atoms with E-state index >= 15 is 0 Å². The lowest BCUT2D eigenvalue weighted by Crippen LogP contribution is -2.44. The molecule has 2 aliphatic heterocycles. The maximum Gasteiger partial charge on any atom is 0.293 e. The van der Waals surface area contributed by atoms with Crippen LogP contribution in [0, 0.1) is 27.5 Å². The lowest BCUT2D eigenvalue weighted by molar-refractivity contribution is -0.384. The number of piperazine rings is 1. The minimum Gasteiger partial charge on any atom is -0.362 e. The van der Waals surface area contributed by atoms with Gasteiger partial charge in [0.05, 0.1) is 10.6 Å². The molecule has 0 bridgehead atoms. The number of hydrogen-bond donors (Lipinski definition) is 1. The second-order valence-electron chi connectivity index (χ2n) is 6.17. The first-order valence-electron chi connectivity index (χ1n) is 8.04. The number of nitrogens with one attached hydrogen (secondary N) is 1. The van der Waals surface area contributed by atoms with Crippen molar-refractivity contribution in [3.63, 3.8) is 0 Å². The van der Waals surface area contributed by atoms with Gasteiger partial charge in [-0.25, -0.2) is 5.43 Å². The highest BCUT2D eigenvalue weighted by molar-refractivity contribution is 6.06. The lowest BCUT2D eigenvalue weighted by Gasteiger charge is -2.33. The van der Waals surface area contributed by atoms with Crippen LogP contribution in [0.15, 0.2) is 23.3 Å². The summed E-state index contributed by atoms with van der Waals surface area (Å²) in [4.78, 5) is 26.1. The van der Waals surface area contributed by atoms with Crippen molar-refractivity contribution in [1.29, 1.82) is 5.26 Å². The van der Waals surface area contributed by atoms with Crippen molar-refractivity contribution in [2.45, 2.75) is 13.3 Å². The Kier molecular flexibility index (Phi) is 4.52. The zero-order valence-corrected chi connectivity index (χ0v) is 13.8. The molecule has 130 valence electrons. The average molecular weight is 342 g/mol. The van der Waals surface area contributed by atoms with Gasteiger partial charge in [-0.15, -0.1) is 0 Å². The van der Waals surface area contributed by atoms with Gasteiger partial charge in [0.1, 0.15) is 5.69 Å². The molecule has 0 spiro atoms. The second-order valence-corrected chi connectivity index (χ2v) is 6.17. The van der Waals surface area contributed by atoms with Crippen LogP contribution in [-0.4, -0.2) is 47.6 Å². The molecule has 25 heavy (non-hydrogen) atoms. The van der Waals surface area contributed by atoms with Crippen LogP contribution in [0.3, 0.4) is 0 Å². The van der Waals surface area contributed by atoms with Gasteiger partial charge in [-0.1, -0.05) is 13.0 Å². The summed E-state index contributed by atoms with van der Waals surface area (Å²) in [7, 11) is 0. The van der Waals surface area contributed by atoms with Crippen LogP contribution in [0.25, 0.3) is 0 Å². The number of hydrogen-bond acceptors (Lipinski definition) is 7. The number of anilines is 1. The molecule has 0 aromatic heterocycles. The van der Waals surface area contributed by atoms with Gasteiger partial charge in [-0.3, -0.25) is 14.9 Å². The molecule has 2 aliphatic rings. The minimum atomic E-state index is -0.401. The minimum absolute atomic E-state index is 0.00899. The van der Waals surface area contributed by atoms with E-state index in [9.17, 15) is 14.9 Å². The maximum absolute atomic E-state index is 11.6. The van der Waals surface area contributed by atoms with Gasteiger partial charge in [-0.2, -0.15) is 10.4 Å². The first kappa shape index (κ1) is 16.7. The van der Waals surface area contributed by atoms with E-state index in [0.29, 0.717) is 49.6 Å². The topological polar surface area (TPSA) is 115 Å². The molecule has 9 heteroatoms. The fraction of sp³-hybridized carbons (Fsp3) is 0.438. The summed E-state index contributed by atoms with van der Waals surface area (Å²) in [6, 6.07) is 5.03. The highest BCUT2D eigenvalue weighted by Crippen LogP contribution is 2.31. The molecule has 1 fully saturated rings. The van der Waals surface area contributed by atoms with Crippen LogP contribution < -0.4 is 10.3 Å². The van der Waals surface area contributed by atoms with Gasteiger partial charge >= 0.3 is 0 Å². The molecule has 9 nitrogen and oxygen atoms in total. The van der Waals surface area contributed by atoms with Crippen LogP contribution in [0.2, 0.25) is 0 Å². The van der Waals surface area contributed by atoms with Crippen LogP contribution >= 0.6 is 0 Å². The lowest BCUT2D eigenvalue weighted by atomic mass is 9.93. The molecule has 1 unspecified atom stereocenters. The summed E-state index contributed by atoms with van der Waals surface area (Å²) in [5.74, 6) is -0.254. The largest absolute Gasteiger partial charge is 0.362 e. The molecular weight excluding hydrogens is 324 g/mol. The zero-order chi connectivity index (χ0) is 18.0. The number of carbonyl (C=O) groups is 1. The number of benzene rings is 1. The monoisotopic (exact) mass is 342 g/mol. The van der Waals surface area contributed by atoms with Crippen molar-refractivity contribution in [3.05, 3.63) is 33.9 Å². The molecular formula is C16H18N6O3. The van der Waals surface area contributed by atoms with Gasteiger partial charge in [0.2, 0.25) is 5.91 Å². The summed E-state index contributed by atoms with van der Waals surface area (Å²) in [5.41, 5.74) is 4.26. The molecule has 0 aliphatic carbocycles. The van der Waals surface area contributed by atoms with Crippen molar-refractivity contribution >= 4 is 23.0 Å². The van der Waals surface area contributed by atoms with Crippen LogP contribution in [0.5, 0.6) is 0 Å². The Morgan fingerprint density at radius 3 is 2.68 bits per heavy atom. The summed E-state index contributed by atoms with van der Waals surface area (Å²) in [6.07, 6.45) is 2.41. The summed E-state index contributed by atoms with van der Waals surface area (Å²) in [6.45, 7) is 4.08. The standard InChI is InChI=1S/C16H18N6O3/c1-11-8-15(23)18-19-16(11)12-2-3-13(14(9-12)22(24)25)21-6-4-20(10-17)5-7-21/h2-3,9,11H,4-8H2,1H3,(H,18,23). The molecule has 1 amide bonds. The average Bonchev–Trinajstić information content (AvgIpc) is 2.61. The number of nitro benzene ring substituents is 1. The number of nitrogens with zero attached hydrogens (tertiary/aromatic N) is 5. The van der Waals surface area contributed by atoms with Crippen LogP contribution in [0.1, 0.15) is 18.9 Å². The number of hydrazone groups is 1. The van der Waals surface area contributed by atoms with Gasteiger partial charge in [0.25, 0.3) is 5.69 Å². The second kappa shape index (κ2) is 6.76. The number of rotatable bonds is 3. The number of amides is 1. The molecule has 1 atom stereocenters. The molecule has 2 heterocycles. The summed E-state index contributed by atoms with van der Waals surface area (Å²) >= 11 is 0. The van der Waals surface area contributed by atoms with E-state index in [-0.39, 0.29) is 17.5 Å². The Morgan fingerprint density at radius 1 is 1.36 bits per heavy atom. The molecule has 1 aromatic carbocycles. The predicted octanol–water partition coefficient (Wildman–Crippen LogP) is 1.06. The summed E-state index contributed by atoms with van der Waals surface area (Å²) < 4.78 is 0. The third-order valence-electron chi connectivity index (χ3n) is 4.49. The van der Waals surface area contributed by atoms with E-state index in [4.69, 9.17) is 5.26 Å². The van der Waals surface area contributed by atoms with Gasteiger partial charge in [0, 0.05) is 50.1 Å². The number of carbonyl (C=O) groups excluding carboxylic acids is 1. The third kappa shape index (κ3) is 3.38. The predicted molar refractivity (Wildman–Crippen MR) is 91.0 cm³/mol. The van der Waals surface area contributed by atoms with Crippen molar-refractivity contribution in [1.82, 2.24) is 10.3 Å². The Hall–Kier alpha value is -3.15. The molecule has 3 rings (SSSR count). The summed E-state index contributed by atoms with van der Waals surface area (Å²) in [5, 5.41) is 24.5. The Bertz CT molecular complexity index is 777.